The summed E-state index contributed by atoms with van der Waals surface area (Å²) in [4.78, 5) is 53.7. The van der Waals surface area contributed by atoms with E-state index in [1.165, 1.54) is 12.1 Å². The molecule has 0 saturated carbocycles. The largest absolute Gasteiger partial charge is 0.480 e. The Balaban J connectivity index is 1.62. The highest BCUT2D eigenvalue weighted by Crippen LogP contribution is 2.26. The van der Waals surface area contributed by atoms with Crippen LogP contribution < -0.4 is 0 Å². The molecule has 0 aromatic heterocycles. The number of aliphatic hydroxyl groups excluding tert-OH is 1. The van der Waals surface area contributed by atoms with Crippen molar-refractivity contribution in [2.24, 2.45) is 0 Å². The van der Waals surface area contributed by atoms with Gasteiger partial charge in [-0.15, -0.1) is 0 Å². The van der Waals surface area contributed by atoms with Gasteiger partial charge in [0.1, 0.15) is 6.04 Å². The molecule has 1 fully saturated rings. The zero-order valence-electron chi connectivity index (χ0n) is 15.4. The van der Waals surface area contributed by atoms with Gasteiger partial charge in [-0.05, 0) is 18.6 Å². The highest BCUT2D eigenvalue weighted by molar-refractivity contribution is 6.22. The molecule has 0 spiro atoms. The monoisotopic (exact) mass is 389 g/mol. The van der Waals surface area contributed by atoms with Crippen LogP contribution in [0.25, 0.3) is 0 Å². The summed E-state index contributed by atoms with van der Waals surface area (Å²) < 4.78 is 0. The molecule has 1 aromatic rings. The molecule has 1 saturated heterocycles. The minimum Gasteiger partial charge on any atom is -0.480 e. The van der Waals surface area contributed by atoms with Crippen molar-refractivity contribution in [3.8, 4) is 0 Å². The zero-order valence-corrected chi connectivity index (χ0v) is 15.4. The van der Waals surface area contributed by atoms with Gasteiger partial charge in [-0.25, -0.2) is 4.79 Å². The van der Waals surface area contributed by atoms with Gasteiger partial charge >= 0.3 is 5.97 Å². The van der Waals surface area contributed by atoms with E-state index in [1.807, 2.05) is 4.90 Å². The molecule has 0 radical (unpaired) electrons. The van der Waals surface area contributed by atoms with Crippen molar-refractivity contribution in [2.45, 2.75) is 18.9 Å². The average Bonchev–Trinajstić information content (AvgIpc) is 2.94. The molecule has 3 rings (SSSR count). The first-order chi connectivity index (χ1) is 13.4. The lowest BCUT2D eigenvalue weighted by Gasteiger charge is -2.34. The number of carbonyl (C=O) groups excluding carboxylic acids is 3. The number of fused-ring (bicyclic) bond motifs is 1. The molecule has 1 aromatic carbocycles. The quantitative estimate of drug-likeness (QED) is 0.612. The molecule has 28 heavy (non-hydrogen) atoms. The maximum Gasteiger partial charge on any atom is 0.326 e. The molecular formula is C19H23N3O6. The van der Waals surface area contributed by atoms with Crippen LogP contribution in [0.2, 0.25) is 0 Å². The van der Waals surface area contributed by atoms with Crippen LogP contribution in [0.4, 0.5) is 0 Å². The maximum absolute atomic E-state index is 12.5. The van der Waals surface area contributed by atoms with Crippen molar-refractivity contribution >= 4 is 23.7 Å². The van der Waals surface area contributed by atoms with Crippen LogP contribution >= 0.6 is 0 Å². The second-order valence-corrected chi connectivity index (χ2v) is 6.86. The summed E-state index contributed by atoms with van der Waals surface area (Å²) in [6.07, 6.45) is -0.194. The molecule has 0 bridgehead atoms. The number of aliphatic carboxylic acids is 1. The number of rotatable bonds is 7. The van der Waals surface area contributed by atoms with E-state index < -0.39 is 23.8 Å². The SMILES string of the molecule is O=C(O)[C@H](CCC(=O)N1CCN(CCO)CC1)N1C(=O)c2ccccc2C1=O. The van der Waals surface area contributed by atoms with Gasteiger partial charge in [0.05, 0.1) is 17.7 Å². The minimum atomic E-state index is -1.38. The number of carboxylic acids is 1. The van der Waals surface area contributed by atoms with E-state index in [9.17, 15) is 24.3 Å². The van der Waals surface area contributed by atoms with Crippen molar-refractivity contribution < 1.29 is 29.4 Å². The van der Waals surface area contributed by atoms with Crippen molar-refractivity contribution in [1.82, 2.24) is 14.7 Å². The number of aliphatic hydroxyl groups is 1. The fourth-order valence-corrected chi connectivity index (χ4v) is 3.63. The van der Waals surface area contributed by atoms with E-state index in [0.29, 0.717) is 32.7 Å². The number of nitrogens with zero attached hydrogens (tertiary/aromatic N) is 3. The second-order valence-electron chi connectivity index (χ2n) is 6.86. The highest BCUT2D eigenvalue weighted by Gasteiger charge is 2.42. The summed E-state index contributed by atoms with van der Waals surface area (Å²) in [7, 11) is 0. The first kappa shape index (κ1) is 20.0. The molecule has 2 aliphatic heterocycles. The van der Waals surface area contributed by atoms with Crippen LogP contribution in [0.15, 0.2) is 24.3 Å². The number of hydrogen-bond acceptors (Lipinski definition) is 6. The summed E-state index contributed by atoms with van der Waals surface area (Å²) in [5, 5.41) is 18.5. The van der Waals surface area contributed by atoms with Crippen molar-refractivity contribution in [3.05, 3.63) is 35.4 Å². The number of imide groups is 1. The Kier molecular flexibility index (Phi) is 6.05. The highest BCUT2D eigenvalue weighted by atomic mass is 16.4. The summed E-state index contributed by atoms with van der Waals surface area (Å²) >= 11 is 0. The summed E-state index contributed by atoms with van der Waals surface area (Å²) in [5.41, 5.74) is 0.371. The number of hydrogen-bond donors (Lipinski definition) is 2. The summed E-state index contributed by atoms with van der Waals surface area (Å²) in [5.74, 6) is -2.79. The Morgan fingerprint density at radius 1 is 1.00 bits per heavy atom. The lowest BCUT2D eigenvalue weighted by Crippen LogP contribution is -2.50. The van der Waals surface area contributed by atoms with Gasteiger partial charge in [-0.1, -0.05) is 12.1 Å². The summed E-state index contributed by atoms with van der Waals surface area (Å²) in [6.45, 7) is 2.92. The molecule has 0 unspecified atom stereocenters. The minimum absolute atomic E-state index is 0.0640. The predicted octanol–water partition coefficient (Wildman–Crippen LogP) is -0.347. The van der Waals surface area contributed by atoms with Gasteiger partial charge in [0.15, 0.2) is 0 Å². The van der Waals surface area contributed by atoms with Gasteiger partial charge in [0.25, 0.3) is 11.8 Å². The number of benzene rings is 1. The zero-order chi connectivity index (χ0) is 20.3. The standard InChI is InChI=1S/C19H23N3O6/c23-12-11-20-7-9-21(10-8-20)16(24)6-5-15(19(27)28)22-17(25)13-3-1-2-4-14(13)18(22)26/h1-4,15,23H,5-12H2,(H,27,28)/t15-/m0/s1. The maximum atomic E-state index is 12.5. The molecule has 3 amide bonds. The van der Waals surface area contributed by atoms with E-state index >= 15 is 0 Å². The lowest BCUT2D eigenvalue weighted by atomic mass is 10.1. The number of piperazine rings is 1. The second kappa shape index (κ2) is 8.49. The van der Waals surface area contributed by atoms with Gasteiger partial charge < -0.3 is 15.1 Å². The van der Waals surface area contributed by atoms with E-state index in [2.05, 4.69) is 0 Å². The van der Waals surface area contributed by atoms with Crippen molar-refractivity contribution in [1.29, 1.82) is 0 Å². The molecule has 0 aliphatic carbocycles. The Bertz CT molecular complexity index is 753. The lowest BCUT2D eigenvalue weighted by molar-refractivity contribution is -0.142. The Morgan fingerprint density at radius 3 is 2.07 bits per heavy atom. The summed E-state index contributed by atoms with van der Waals surface area (Å²) in [6, 6.07) is 4.83. The average molecular weight is 389 g/mol. The normalized spacial score (nSPS) is 18.3. The smallest absolute Gasteiger partial charge is 0.326 e. The van der Waals surface area contributed by atoms with Crippen LogP contribution in [0.1, 0.15) is 33.6 Å². The molecular weight excluding hydrogens is 366 g/mol. The number of carbonyl (C=O) groups is 4. The van der Waals surface area contributed by atoms with Crippen LogP contribution in [0, 0.1) is 0 Å². The first-order valence-electron chi connectivity index (χ1n) is 9.24. The van der Waals surface area contributed by atoms with Crippen molar-refractivity contribution in [3.63, 3.8) is 0 Å². The number of amides is 3. The molecule has 2 N–H and O–H groups in total. The molecule has 9 heteroatoms. The van der Waals surface area contributed by atoms with Crippen LogP contribution in [-0.4, -0.2) is 94.0 Å². The van der Waals surface area contributed by atoms with Crippen LogP contribution in [-0.2, 0) is 9.59 Å². The predicted molar refractivity (Wildman–Crippen MR) is 97.7 cm³/mol. The van der Waals surface area contributed by atoms with Gasteiger partial charge in [0.2, 0.25) is 5.91 Å². The third kappa shape index (κ3) is 3.90. The van der Waals surface area contributed by atoms with Crippen molar-refractivity contribution in [2.75, 3.05) is 39.3 Å². The van der Waals surface area contributed by atoms with Gasteiger partial charge in [0, 0.05) is 39.1 Å². The Labute approximate surface area is 162 Å². The third-order valence-corrected chi connectivity index (χ3v) is 5.20. The first-order valence-corrected chi connectivity index (χ1v) is 9.24. The van der Waals surface area contributed by atoms with E-state index in [-0.39, 0.29) is 36.5 Å². The fraction of sp³-hybridized carbons (Fsp3) is 0.474. The van der Waals surface area contributed by atoms with Gasteiger partial charge in [-0.2, -0.15) is 0 Å². The molecule has 2 heterocycles. The number of β-amino-alcohol motifs (C(OH)–C–C–N with tert-alkyl or cyclic N) is 1. The van der Waals surface area contributed by atoms with E-state index in [4.69, 9.17) is 5.11 Å². The van der Waals surface area contributed by atoms with E-state index in [1.54, 1.807) is 17.0 Å². The number of carboxylic acid groups (broad SMARTS) is 1. The van der Waals surface area contributed by atoms with Crippen LogP contribution in [0.3, 0.4) is 0 Å². The Morgan fingerprint density at radius 2 is 1.57 bits per heavy atom. The molecule has 150 valence electrons. The third-order valence-electron chi connectivity index (χ3n) is 5.20. The van der Waals surface area contributed by atoms with Gasteiger partial charge in [-0.3, -0.25) is 24.2 Å². The topological polar surface area (TPSA) is 118 Å². The molecule has 2 aliphatic rings. The molecule has 9 nitrogen and oxygen atoms in total. The molecule has 1 atom stereocenters. The fourth-order valence-electron chi connectivity index (χ4n) is 3.63. The Hall–Kier alpha value is -2.78. The van der Waals surface area contributed by atoms with Crippen LogP contribution in [0.5, 0.6) is 0 Å². The van der Waals surface area contributed by atoms with E-state index in [0.717, 1.165) is 4.90 Å².